The number of piperidine rings is 1. The van der Waals surface area contributed by atoms with Gasteiger partial charge in [-0.25, -0.2) is 15.0 Å². The van der Waals surface area contributed by atoms with E-state index in [1.165, 1.54) is 23.7 Å². The van der Waals surface area contributed by atoms with E-state index in [9.17, 15) is 0 Å². The number of hydrogen-bond donors (Lipinski definition) is 2. The van der Waals surface area contributed by atoms with E-state index in [1.54, 1.807) is 18.5 Å². The Labute approximate surface area is 232 Å². The Morgan fingerprint density at radius 2 is 1.78 bits per heavy atom. The first kappa shape index (κ1) is 26.1. The van der Waals surface area contributed by atoms with Crippen LogP contribution < -0.4 is 15.5 Å². The Morgan fingerprint density at radius 1 is 1.05 bits per heavy atom. The number of halogens is 1. The molecule has 2 aromatic heterocycles. The quantitative estimate of drug-likeness (QED) is 0.233. The maximum Gasteiger partial charge on any atom is 0.232 e. The highest BCUT2D eigenvalue weighted by Gasteiger charge is 2.34. The minimum absolute atomic E-state index is 0.0866. The molecule has 8 nitrogen and oxygen atoms in total. The van der Waals surface area contributed by atoms with Crippen LogP contribution in [0.25, 0.3) is 0 Å². The number of aromatic nitrogens is 4. The molecule has 11 heteroatoms. The van der Waals surface area contributed by atoms with Gasteiger partial charge in [0.2, 0.25) is 5.95 Å². The minimum atomic E-state index is -0.0866. The Bertz CT molecular complexity index is 1190. The second-order valence-corrected chi connectivity index (χ2v) is 11.1. The Kier molecular flexibility index (Phi) is 8.70. The van der Waals surface area contributed by atoms with E-state index in [0.717, 1.165) is 54.6 Å². The fraction of sp³-hybridized carbons (Fsp3) is 0.423. The van der Waals surface area contributed by atoms with Crippen molar-refractivity contribution in [1.82, 2.24) is 25.3 Å². The van der Waals surface area contributed by atoms with Crippen LogP contribution in [0.1, 0.15) is 37.7 Å². The van der Waals surface area contributed by atoms with Gasteiger partial charge in [0.05, 0.1) is 0 Å². The van der Waals surface area contributed by atoms with Gasteiger partial charge in [-0.3, -0.25) is 0 Å². The number of benzene rings is 1. The van der Waals surface area contributed by atoms with Crippen LogP contribution in [0, 0.1) is 0 Å². The largest absolute Gasteiger partial charge is 0.381 e. The highest BCUT2D eigenvalue weighted by Crippen LogP contribution is 2.35. The molecule has 0 saturated carbocycles. The predicted molar refractivity (Wildman–Crippen MR) is 152 cm³/mol. The van der Waals surface area contributed by atoms with E-state index in [4.69, 9.17) is 38.5 Å². The first-order chi connectivity index (χ1) is 18.1. The van der Waals surface area contributed by atoms with Crippen molar-refractivity contribution in [2.45, 2.75) is 47.7 Å². The molecule has 2 saturated heterocycles. The number of ether oxygens (including phenoxy) is 1. The van der Waals surface area contributed by atoms with Crippen molar-refractivity contribution >= 4 is 52.5 Å². The second kappa shape index (κ2) is 12.3. The molecule has 2 fully saturated rings. The zero-order chi connectivity index (χ0) is 25.5. The summed E-state index contributed by atoms with van der Waals surface area (Å²) in [5.41, 5.74) is 1.15. The predicted octanol–water partition coefficient (Wildman–Crippen LogP) is 5.10. The van der Waals surface area contributed by atoms with Gasteiger partial charge in [0.15, 0.2) is 10.3 Å². The third-order valence-electron chi connectivity index (χ3n) is 6.83. The molecule has 2 aliphatic rings. The van der Waals surface area contributed by atoms with E-state index in [1.807, 2.05) is 18.2 Å². The van der Waals surface area contributed by atoms with E-state index in [-0.39, 0.29) is 5.41 Å². The van der Waals surface area contributed by atoms with Gasteiger partial charge in [-0.15, -0.1) is 0 Å². The van der Waals surface area contributed by atoms with Crippen LogP contribution in [0.2, 0.25) is 5.02 Å². The van der Waals surface area contributed by atoms with Crippen molar-refractivity contribution in [2.75, 3.05) is 43.1 Å². The zero-order valence-corrected chi connectivity index (χ0v) is 22.9. The average Bonchev–Trinajstić information content (AvgIpc) is 2.94. The van der Waals surface area contributed by atoms with Gasteiger partial charge >= 0.3 is 0 Å². The summed E-state index contributed by atoms with van der Waals surface area (Å²) in [6.07, 6.45) is 8.84. The van der Waals surface area contributed by atoms with Crippen molar-refractivity contribution in [2.24, 2.45) is 0 Å². The normalized spacial score (nSPS) is 17.3. The smallest absolute Gasteiger partial charge is 0.232 e. The number of thiocarbonyl (C=S) groups is 1. The Hall–Kier alpha value is -2.53. The van der Waals surface area contributed by atoms with Crippen molar-refractivity contribution < 1.29 is 4.74 Å². The summed E-state index contributed by atoms with van der Waals surface area (Å²) < 4.78 is 5.67. The van der Waals surface area contributed by atoms with Crippen LogP contribution in [-0.4, -0.2) is 57.9 Å². The average molecular weight is 556 g/mol. The lowest BCUT2D eigenvalue weighted by Gasteiger charge is -2.38. The summed E-state index contributed by atoms with van der Waals surface area (Å²) in [6.45, 7) is 4.07. The molecule has 0 atom stereocenters. The lowest BCUT2D eigenvalue weighted by molar-refractivity contribution is 0.0515. The number of hydrogen-bond acceptors (Lipinski definition) is 8. The van der Waals surface area contributed by atoms with Crippen LogP contribution in [0.15, 0.2) is 59.0 Å². The molecule has 2 N–H and O–H groups in total. The molecule has 0 radical (unpaired) electrons. The van der Waals surface area contributed by atoms with Gasteiger partial charge in [0.1, 0.15) is 10.8 Å². The molecule has 5 rings (SSSR count). The van der Waals surface area contributed by atoms with Crippen LogP contribution in [-0.2, 0) is 10.2 Å². The summed E-state index contributed by atoms with van der Waals surface area (Å²) in [7, 11) is 0. The highest BCUT2D eigenvalue weighted by molar-refractivity contribution is 7.99. The zero-order valence-electron chi connectivity index (χ0n) is 20.5. The van der Waals surface area contributed by atoms with Crippen LogP contribution in [0.4, 0.5) is 11.8 Å². The first-order valence-corrected chi connectivity index (χ1v) is 14.2. The Balaban J connectivity index is 1.32. The number of rotatable bonds is 7. The third-order valence-corrected chi connectivity index (χ3v) is 8.14. The van der Waals surface area contributed by atoms with Gasteiger partial charge in [-0.1, -0.05) is 23.7 Å². The van der Waals surface area contributed by atoms with Crippen LogP contribution >= 0.6 is 35.6 Å². The molecular weight excluding hydrogens is 526 g/mol. The SMILES string of the molecule is S=C(NCC1(c2ccc(Cl)cc2)CCOCC1)Nc1nc(Sc2ncccn2)cc(N2CCCCC2)n1. The van der Waals surface area contributed by atoms with E-state index in [0.29, 0.717) is 36.0 Å². The molecule has 2 aliphatic heterocycles. The van der Waals surface area contributed by atoms with E-state index < -0.39 is 0 Å². The summed E-state index contributed by atoms with van der Waals surface area (Å²) in [6, 6.07) is 11.9. The van der Waals surface area contributed by atoms with Crippen molar-refractivity contribution in [3.63, 3.8) is 0 Å². The fourth-order valence-electron chi connectivity index (χ4n) is 4.77. The van der Waals surface area contributed by atoms with Gasteiger partial charge in [0.25, 0.3) is 0 Å². The van der Waals surface area contributed by atoms with Crippen molar-refractivity contribution in [3.8, 4) is 0 Å². The standard InChI is InChI=1S/C26H30ClN7OS2/c27-20-7-5-19(6-8-20)26(9-15-35-16-10-26)18-30-24(36)33-23-31-21(34-13-2-1-3-14-34)17-22(32-23)37-25-28-11-4-12-29-25/h4-8,11-12,17H,1-3,9-10,13-16,18H2,(H2,30,31,32,33,36). The number of anilines is 2. The highest BCUT2D eigenvalue weighted by atomic mass is 35.5. The number of nitrogens with zero attached hydrogens (tertiary/aromatic N) is 5. The van der Waals surface area contributed by atoms with Crippen molar-refractivity contribution in [3.05, 3.63) is 59.4 Å². The molecule has 1 aromatic carbocycles. The minimum Gasteiger partial charge on any atom is -0.381 e. The molecule has 0 unspecified atom stereocenters. The molecule has 194 valence electrons. The Morgan fingerprint density at radius 3 is 2.51 bits per heavy atom. The van der Waals surface area contributed by atoms with Gasteiger partial charge in [-0.05, 0) is 79.8 Å². The molecule has 0 aliphatic carbocycles. The molecule has 37 heavy (non-hydrogen) atoms. The lowest BCUT2D eigenvalue weighted by Crippen LogP contribution is -2.45. The van der Waals surface area contributed by atoms with E-state index in [2.05, 4.69) is 37.6 Å². The summed E-state index contributed by atoms with van der Waals surface area (Å²) >= 11 is 13.3. The maximum atomic E-state index is 6.15. The molecule has 4 heterocycles. The van der Waals surface area contributed by atoms with Crippen molar-refractivity contribution in [1.29, 1.82) is 0 Å². The second-order valence-electron chi connectivity index (χ2n) is 9.28. The molecule has 0 spiro atoms. The van der Waals surface area contributed by atoms with Crippen LogP contribution in [0.3, 0.4) is 0 Å². The third kappa shape index (κ3) is 6.87. The molecule has 0 amide bonds. The number of nitrogens with one attached hydrogen (secondary N) is 2. The maximum absolute atomic E-state index is 6.15. The summed E-state index contributed by atoms with van der Waals surface area (Å²) in [4.78, 5) is 20.5. The van der Waals surface area contributed by atoms with Gasteiger partial charge in [-0.2, -0.15) is 4.98 Å². The topological polar surface area (TPSA) is 88.1 Å². The van der Waals surface area contributed by atoms with Gasteiger partial charge in [0, 0.05) is 61.7 Å². The van der Waals surface area contributed by atoms with E-state index >= 15 is 0 Å². The van der Waals surface area contributed by atoms with Crippen LogP contribution in [0.5, 0.6) is 0 Å². The summed E-state index contributed by atoms with van der Waals surface area (Å²) in [5.74, 6) is 1.35. The first-order valence-electron chi connectivity index (χ1n) is 12.6. The molecule has 3 aromatic rings. The summed E-state index contributed by atoms with van der Waals surface area (Å²) in [5, 5.41) is 9.29. The lowest BCUT2D eigenvalue weighted by atomic mass is 9.74. The molecule has 0 bridgehead atoms. The molecular formula is C26H30ClN7OS2. The van der Waals surface area contributed by atoms with Gasteiger partial charge < -0.3 is 20.3 Å². The monoisotopic (exact) mass is 555 g/mol. The fourth-order valence-corrected chi connectivity index (χ4v) is 5.77.